The van der Waals surface area contributed by atoms with Crippen LogP contribution < -0.4 is 5.32 Å². The number of hydrogen-bond donors (Lipinski definition) is 1. The molecule has 0 radical (unpaired) electrons. The summed E-state index contributed by atoms with van der Waals surface area (Å²) in [4.78, 5) is 27.9. The lowest BCUT2D eigenvalue weighted by atomic mass is 10.1. The highest BCUT2D eigenvalue weighted by Gasteiger charge is 2.34. The molecule has 2 amide bonds. The molecule has 0 aliphatic carbocycles. The van der Waals surface area contributed by atoms with Crippen molar-refractivity contribution in [2.45, 2.75) is 64.7 Å². The zero-order valence-electron chi connectivity index (χ0n) is 20.9. The van der Waals surface area contributed by atoms with Crippen LogP contribution in [0.1, 0.15) is 65.6 Å². The number of thioether (sulfide) groups is 1. The quantitative estimate of drug-likeness (QED) is 0.439. The topological polar surface area (TPSA) is 80.1 Å². The average molecular weight is 492 g/mol. The number of nitrogens with zero attached hydrogens (tertiary/aromatic N) is 4. The normalized spacial score (nSPS) is 15.4. The molecule has 1 aromatic heterocycles. The van der Waals surface area contributed by atoms with Gasteiger partial charge >= 0.3 is 0 Å². The maximum Gasteiger partial charge on any atom is 0.254 e. The second kappa shape index (κ2) is 11.1. The summed E-state index contributed by atoms with van der Waals surface area (Å²) in [5.41, 5.74) is 4.85. The van der Waals surface area contributed by atoms with Gasteiger partial charge in [-0.2, -0.15) is 0 Å². The van der Waals surface area contributed by atoms with E-state index in [0.29, 0.717) is 23.8 Å². The monoisotopic (exact) mass is 491 g/mol. The fourth-order valence-corrected chi connectivity index (χ4v) is 5.49. The van der Waals surface area contributed by atoms with E-state index < -0.39 is 0 Å². The first-order chi connectivity index (χ1) is 16.9. The number of carbonyl (C=O) groups is 2. The van der Waals surface area contributed by atoms with Gasteiger partial charge in [-0.3, -0.25) is 9.59 Å². The van der Waals surface area contributed by atoms with E-state index in [9.17, 15) is 9.59 Å². The van der Waals surface area contributed by atoms with Crippen LogP contribution >= 0.6 is 11.8 Å². The number of carbonyl (C=O) groups excluding carboxylic acids is 2. The van der Waals surface area contributed by atoms with Crippen molar-refractivity contribution < 1.29 is 9.59 Å². The van der Waals surface area contributed by atoms with Crippen molar-refractivity contribution in [3.63, 3.8) is 0 Å². The Kier molecular flexibility index (Phi) is 7.90. The molecule has 4 rings (SSSR count). The lowest BCUT2D eigenvalue weighted by molar-refractivity contribution is -0.113. The molecule has 184 valence electrons. The number of benzene rings is 2. The third-order valence-electron chi connectivity index (χ3n) is 6.48. The number of hydrogen-bond acceptors (Lipinski definition) is 5. The minimum atomic E-state index is -0.113. The van der Waals surface area contributed by atoms with Gasteiger partial charge in [-0.1, -0.05) is 54.6 Å². The molecule has 1 saturated heterocycles. The number of anilines is 1. The summed E-state index contributed by atoms with van der Waals surface area (Å²) in [6.07, 6.45) is 2.64. The highest BCUT2D eigenvalue weighted by molar-refractivity contribution is 7.99. The van der Waals surface area contributed by atoms with Gasteiger partial charge in [0, 0.05) is 24.3 Å². The van der Waals surface area contributed by atoms with Gasteiger partial charge in [-0.25, -0.2) is 0 Å². The molecule has 35 heavy (non-hydrogen) atoms. The summed E-state index contributed by atoms with van der Waals surface area (Å²) in [6.45, 7) is 9.50. The summed E-state index contributed by atoms with van der Waals surface area (Å²) in [5.74, 6) is 0.997. The van der Waals surface area contributed by atoms with Gasteiger partial charge in [0.05, 0.1) is 11.8 Å². The molecule has 1 aliphatic rings. The molecule has 0 spiro atoms. The smallest absolute Gasteiger partial charge is 0.254 e. The van der Waals surface area contributed by atoms with E-state index in [1.165, 1.54) is 11.8 Å². The number of para-hydroxylation sites is 1. The molecule has 2 heterocycles. The van der Waals surface area contributed by atoms with Crippen molar-refractivity contribution in [3.8, 4) is 0 Å². The fraction of sp³-hybridized carbons (Fsp3) is 0.407. The summed E-state index contributed by atoms with van der Waals surface area (Å²) >= 11 is 1.38. The first-order valence-electron chi connectivity index (χ1n) is 12.2. The molecular formula is C27H33N5O2S. The Balaban J connectivity index is 1.47. The third kappa shape index (κ3) is 5.42. The molecule has 1 N–H and O–H groups in total. The lowest BCUT2D eigenvalue weighted by Gasteiger charge is -2.24. The standard InChI is InChI=1S/C27H33N5O2S/c1-5-20-12-8-11-19(4)24(20)28-23(33)17-35-27-30-29-25(31(27)6-2)22-14-9-15-32(22)26(34)21-13-7-10-18(3)16-21/h7-8,10-13,16,22H,5-6,9,14-15,17H2,1-4H3,(H,28,33). The molecule has 1 aliphatic heterocycles. The Hall–Kier alpha value is -3.13. The van der Waals surface area contributed by atoms with Gasteiger partial charge in [0.2, 0.25) is 5.91 Å². The van der Waals surface area contributed by atoms with Gasteiger partial charge in [0.1, 0.15) is 0 Å². The van der Waals surface area contributed by atoms with E-state index in [1.807, 2.05) is 72.7 Å². The van der Waals surface area contributed by atoms with Crippen molar-refractivity contribution >= 4 is 29.3 Å². The number of amides is 2. The van der Waals surface area contributed by atoms with Crippen LogP contribution in [0.15, 0.2) is 47.6 Å². The second-order valence-corrected chi connectivity index (χ2v) is 9.85. The van der Waals surface area contributed by atoms with Gasteiger partial charge in [0.15, 0.2) is 11.0 Å². The Labute approximate surface area is 211 Å². The first-order valence-corrected chi connectivity index (χ1v) is 13.2. The Morgan fingerprint density at radius 1 is 1.11 bits per heavy atom. The number of aryl methyl sites for hydroxylation is 3. The van der Waals surface area contributed by atoms with Crippen LogP contribution in [0.2, 0.25) is 0 Å². The Morgan fingerprint density at radius 3 is 2.66 bits per heavy atom. The van der Waals surface area contributed by atoms with Crippen molar-refractivity contribution in [3.05, 3.63) is 70.5 Å². The predicted octanol–water partition coefficient (Wildman–Crippen LogP) is 5.19. The summed E-state index contributed by atoms with van der Waals surface area (Å²) in [5, 5.41) is 12.7. The second-order valence-electron chi connectivity index (χ2n) is 8.91. The number of nitrogens with one attached hydrogen (secondary N) is 1. The van der Waals surface area contributed by atoms with E-state index in [-0.39, 0.29) is 23.6 Å². The minimum absolute atomic E-state index is 0.0281. The Morgan fingerprint density at radius 2 is 1.91 bits per heavy atom. The van der Waals surface area contributed by atoms with Gasteiger partial charge in [0.25, 0.3) is 5.91 Å². The van der Waals surface area contributed by atoms with Crippen molar-refractivity contribution in [1.29, 1.82) is 0 Å². The van der Waals surface area contributed by atoms with E-state index in [2.05, 4.69) is 22.4 Å². The van der Waals surface area contributed by atoms with Gasteiger partial charge < -0.3 is 14.8 Å². The van der Waals surface area contributed by atoms with Crippen molar-refractivity contribution in [1.82, 2.24) is 19.7 Å². The van der Waals surface area contributed by atoms with Crippen LogP contribution in [0.3, 0.4) is 0 Å². The minimum Gasteiger partial charge on any atom is -0.328 e. The van der Waals surface area contributed by atoms with E-state index in [1.54, 1.807) is 0 Å². The van der Waals surface area contributed by atoms with Crippen molar-refractivity contribution in [2.75, 3.05) is 17.6 Å². The predicted molar refractivity (Wildman–Crippen MR) is 140 cm³/mol. The molecule has 7 nitrogen and oxygen atoms in total. The maximum atomic E-state index is 13.3. The van der Waals surface area contributed by atoms with Crippen LogP contribution in [0, 0.1) is 13.8 Å². The van der Waals surface area contributed by atoms with E-state index in [4.69, 9.17) is 0 Å². The van der Waals surface area contributed by atoms with Crippen LogP contribution in [-0.4, -0.2) is 43.8 Å². The first kappa shape index (κ1) is 25.0. The highest BCUT2D eigenvalue weighted by atomic mass is 32.2. The Bertz CT molecular complexity index is 1220. The highest BCUT2D eigenvalue weighted by Crippen LogP contribution is 2.34. The SMILES string of the molecule is CCc1cccc(C)c1NC(=O)CSc1nnc(C2CCCN2C(=O)c2cccc(C)c2)n1CC. The zero-order valence-corrected chi connectivity index (χ0v) is 21.7. The van der Waals surface area contributed by atoms with Crippen LogP contribution in [-0.2, 0) is 17.8 Å². The van der Waals surface area contributed by atoms with Crippen molar-refractivity contribution in [2.24, 2.45) is 0 Å². The molecule has 1 unspecified atom stereocenters. The molecule has 8 heteroatoms. The van der Waals surface area contributed by atoms with Gasteiger partial charge in [-0.15, -0.1) is 10.2 Å². The molecule has 0 saturated carbocycles. The largest absolute Gasteiger partial charge is 0.328 e. The number of aromatic nitrogens is 3. The molecule has 3 aromatic rings. The lowest BCUT2D eigenvalue weighted by Crippen LogP contribution is -2.32. The molecule has 0 bridgehead atoms. The van der Waals surface area contributed by atoms with E-state index >= 15 is 0 Å². The molecule has 1 fully saturated rings. The molecule has 2 aromatic carbocycles. The summed E-state index contributed by atoms with van der Waals surface area (Å²) in [6, 6.07) is 13.7. The summed E-state index contributed by atoms with van der Waals surface area (Å²) in [7, 11) is 0. The van der Waals surface area contributed by atoms with Crippen LogP contribution in [0.5, 0.6) is 0 Å². The maximum absolute atomic E-state index is 13.3. The number of likely N-dealkylation sites (tertiary alicyclic amines) is 1. The fourth-order valence-electron chi connectivity index (χ4n) is 4.68. The summed E-state index contributed by atoms with van der Waals surface area (Å²) < 4.78 is 2.04. The van der Waals surface area contributed by atoms with Crippen LogP contribution in [0.4, 0.5) is 5.69 Å². The number of rotatable bonds is 8. The van der Waals surface area contributed by atoms with Crippen LogP contribution in [0.25, 0.3) is 0 Å². The molecule has 1 atom stereocenters. The van der Waals surface area contributed by atoms with Gasteiger partial charge in [-0.05, 0) is 63.3 Å². The third-order valence-corrected chi connectivity index (χ3v) is 7.44. The zero-order chi connectivity index (χ0) is 24.9. The molecular weight excluding hydrogens is 458 g/mol. The average Bonchev–Trinajstić information content (AvgIpc) is 3.50. The van der Waals surface area contributed by atoms with E-state index in [0.717, 1.165) is 47.5 Å².